The summed E-state index contributed by atoms with van der Waals surface area (Å²) in [6, 6.07) is 116. The Morgan fingerprint density at radius 1 is 0.103 bits per heavy atom. The lowest BCUT2D eigenvalue weighted by molar-refractivity contribution is 1.51. The van der Waals surface area contributed by atoms with Gasteiger partial charge in [0.05, 0.1) is 0 Å². The molecule has 0 bridgehead atoms. The van der Waals surface area contributed by atoms with Crippen LogP contribution < -0.4 is 0 Å². The summed E-state index contributed by atoms with van der Waals surface area (Å²) in [4.78, 5) is 0. The predicted molar refractivity (Wildman–Crippen MR) is 330 cm³/mol. The van der Waals surface area contributed by atoms with Gasteiger partial charge in [0.15, 0.2) is 0 Å². The van der Waals surface area contributed by atoms with Crippen LogP contribution in [0.1, 0.15) is 33.4 Å². The van der Waals surface area contributed by atoms with Gasteiger partial charge < -0.3 is 0 Å². The molecule has 0 heteroatoms. The lowest BCUT2D eigenvalue weighted by atomic mass is 9.82. The van der Waals surface area contributed by atoms with Crippen LogP contribution in [0.25, 0.3) is 106 Å². The Balaban J connectivity index is 1.19. The first kappa shape index (κ1) is 46.4. The Bertz CT molecular complexity index is 4150. The first-order chi connectivity index (χ1) is 38.7. The zero-order chi connectivity index (χ0) is 51.8. The molecule has 12 aromatic carbocycles. The van der Waals surface area contributed by atoms with Gasteiger partial charge in [0, 0.05) is 0 Å². The van der Waals surface area contributed by atoms with Gasteiger partial charge in [0.2, 0.25) is 0 Å². The van der Waals surface area contributed by atoms with Crippen LogP contribution in [0.3, 0.4) is 0 Å². The van der Waals surface area contributed by atoms with Crippen molar-refractivity contribution in [1.29, 1.82) is 0 Å². The molecule has 0 N–H and O–H groups in total. The maximum atomic E-state index is 2.52. The Kier molecular flexibility index (Phi) is 12.0. The van der Waals surface area contributed by atoms with Gasteiger partial charge in [-0.15, -0.1) is 0 Å². The van der Waals surface area contributed by atoms with E-state index in [4.69, 9.17) is 0 Å². The van der Waals surface area contributed by atoms with E-state index in [-0.39, 0.29) is 0 Å². The quantitative estimate of drug-likeness (QED) is 0.121. The second-order valence-corrected chi connectivity index (χ2v) is 20.3. The first-order valence-corrected chi connectivity index (χ1v) is 27.0. The lowest BCUT2D eigenvalue weighted by Gasteiger charge is -2.21. The lowest BCUT2D eigenvalue weighted by Crippen LogP contribution is -1.98. The SMILES string of the molecule is c1ccc(C2=C3C(=C(c4cccc(-c5ccccc5)c4)c4cc(-c5ccccc5)c(-c5ccccc5)cc43)C(c3cc(-c4ccccc4)cc(-c4ccccc4)c3)=C2c2cc(-c3ccccc3)cc(-c3ccccc3)c2)cc1. The summed E-state index contributed by atoms with van der Waals surface area (Å²) in [5.74, 6) is 0. The molecule has 0 fully saturated rings. The Labute approximate surface area is 457 Å². The molecule has 0 aromatic heterocycles. The van der Waals surface area contributed by atoms with E-state index < -0.39 is 0 Å². The molecule has 0 amide bonds. The molecular weight excluding hydrogens is 937 g/mol. The summed E-state index contributed by atoms with van der Waals surface area (Å²) < 4.78 is 0. The number of hydrogen-bond acceptors (Lipinski definition) is 0. The van der Waals surface area contributed by atoms with Gasteiger partial charge in [-0.25, -0.2) is 0 Å². The van der Waals surface area contributed by atoms with Crippen LogP contribution in [0, 0.1) is 0 Å². The fraction of sp³-hybridized carbons (Fsp3) is 0. The molecule has 2 aliphatic rings. The third kappa shape index (κ3) is 8.56. The van der Waals surface area contributed by atoms with Crippen molar-refractivity contribution in [2.75, 3.05) is 0 Å². The van der Waals surface area contributed by atoms with Crippen molar-refractivity contribution < 1.29 is 0 Å². The number of benzene rings is 12. The molecule has 12 aromatic rings. The van der Waals surface area contributed by atoms with Gasteiger partial charge >= 0.3 is 0 Å². The zero-order valence-corrected chi connectivity index (χ0v) is 43.0. The predicted octanol–water partition coefficient (Wildman–Crippen LogP) is 20.7. The van der Waals surface area contributed by atoms with E-state index in [1.54, 1.807) is 0 Å². The van der Waals surface area contributed by atoms with E-state index in [1.165, 1.54) is 122 Å². The number of hydrogen-bond donors (Lipinski definition) is 0. The molecular formula is C78H52. The zero-order valence-electron chi connectivity index (χ0n) is 43.0. The molecule has 364 valence electrons. The minimum absolute atomic E-state index is 1.16. The summed E-state index contributed by atoms with van der Waals surface area (Å²) in [5, 5.41) is 0. The van der Waals surface area contributed by atoms with Crippen LogP contribution in [-0.2, 0) is 0 Å². The number of fused-ring (bicyclic) bond motifs is 3. The monoisotopic (exact) mass is 988 g/mol. The second kappa shape index (κ2) is 20.2. The van der Waals surface area contributed by atoms with Crippen molar-refractivity contribution in [3.05, 3.63) is 354 Å². The molecule has 0 unspecified atom stereocenters. The topological polar surface area (TPSA) is 0 Å². The summed E-state index contributed by atoms with van der Waals surface area (Å²) in [6.07, 6.45) is 0. The van der Waals surface area contributed by atoms with Crippen molar-refractivity contribution in [3.8, 4) is 77.9 Å². The van der Waals surface area contributed by atoms with Crippen LogP contribution in [-0.4, -0.2) is 0 Å². The molecule has 0 spiro atoms. The van der Waals surface area contributed by atoms with Crippen LogP contribution in [0.5, 0.6) is 0 Å². The smallest absolute Gasteiger partial charge is 0.000136 e. The Hall–Kier alpha value is -10.1. The minimum Gasteiger partial charge on any atom is -0.0622 e. The highest BCUT2D eigenvalue weighted by Crippen LogP contribution is 2.63. The summed E-state index contributed by atoms with van der Waals surface area (Å²) in [7, 11) is 0. The normalized spacial score (nSPS) is 12.7. The van der Waals surface area contributed by atoms with E-state index in [0.717, 1.165) is 22.3 Å². The van der Waals surface area contributed by atoms with Gasteiger partial charge in [0.25, 0.3) is 0 Å². The van der Waals surface area contributed by atoms with Crippen molar-refractivity contribution in [2.45, 2.75) is 0 Å². The molecule has 78 heavy (non-hydrogen) atoms. The van der Waals surface area contributed by atoms with Gasteiger partial charge in [0.1, 0.15) is 0 Å². The average Bonchev–Trinajstić information content (AvgIpc) is 4.25. The largest absolute Gasteiger partial charge is 0.0622 e. The molecule has 2 aliphatic carbocycles. The molecule has 0 aliphatic heterocycles. The summed E-state index contributed by atoms with van der Waals surface area (Å²) in [5.41, 5.74) is 30.9. The number of allylic oxidation sites excluding steroid dienone is 5. The van der Waals surface area contributed by atoms with Gasteiger partial charge in [-0.3, -0.25) is 0 Å². The van der Waals surface area contributed by atoms with E-state index >= 15 is 0 Å². The molecule has 0 saturated heterocycles. The third-order valence-corrected chi connectivity index (χ3v) is 15.6. The second-order valence-electron chi connectivity index (χ2n) is 20.3. The number of rotatable bonds is 11. The highest BCUT2D eigenvalue weighted by molar-refractivity contribution is 6.39. The molecule has 0 nitrogen and oxygen atoms in total. The maximum absolute atomic E-state index is 2.52. The van der Waals surface area contributed by atoms with E-state index in [2.05, 4.69) is 315 Å². The standard InChI is InChI=1S/C78H52/c1-9-26-53(27-10-1)61-42-25-43-62(44-61)73-71-51-69(58-36-19-6-20-37-58)70(59-38-21-7-22-39-59)52-72(71)77-74(60-40-23-8-24-41-60)75(67-47-63(54-28-11-2-12-29-54)45-64(48-67)55-30-13-3-14-31-55)76(78(73)77)68-49-65(56-32-15-4-16-33-56)46-66(50-68)57-34-17-5-18-35-57/h1-52H. The van der Waals surface area contributed by atoms with Crippen molar-refractivity contribution in [3.63, 3.8) is 0 Å². The maximum Gasteiger partial charge on any atom is -0.000136 e. The minimum atomic E-state index is 1.16. The van der Waals surface area contributed by atoms with E-state index in [1.807, 2.05) is 0 Å². The Morgan fingerprint density at radius 3 is 0.718 bits per heavy atom. The first-order valence-electron chi connectivity index (χ1n) is 27.0. The van der Waals surface area contributed by atoms with Crippen LogP contribution in [0.2, 0.25) is 0 Å². The van der Waals surface area contributed by atoms with E-state index in [9.17, 15) is 0 Å². The van der Waals surface area contributed by atoms with Gasteiger partial charge in [-0.1, -0.05) is 261 Å². The summed E-state index contributed by atoms with van der Waals surface area (Å²) in [6.45, 7) is 0. The highest BCUT2D eigenvalue weighted by atomic mass is 14.4. The van der Waals surface area contributed by atoms with Gasteiger partial charge in [-0.05, 0) is 199 Å². The Morgan fingerprint density at radius 2 is 0.346 bits per heavy atom. The fourth-order valence-corrected chi connectivity index (χ4v) is 12.0. The van der Waals surface area contributed by atoms with Crippen LogP contribution in [0.4, 0.5) is 0 Å². The molecule has 0 atom stereocenters. The van der Waals surface area contributed by atoms with Crippen molar-refractivity contribution in [2.24, 2.45) is 0 Å². The van der Waals surface area contributed by atoms with Crippen LogP contribution >= 0.6 is 0 Å². The van der Waals surface area contributed by atoms with Crippen LogP contribution in [0.15, 0.2) is 321 Å². The average molecular weight is 989 g/mol. The van der Waals surface area contributed by atoms with Gasteiger partial charge in [-0.2, -0.15) is 0 Å². The molecule has 14 rings (SSSR count). The molecule has 0 saturated carbocycles. The van der Waals surface area contributed by atoms with E-state index in [0.29, 0.717) is 0 Å². The fourth-order valence-electron chi connectivity index (χ4n) is 12.0. The third-order valence-electron chi connectivity index (χ3n) is 15.6. The molecule has 0 heterocycles. The molecule has 0 radical (unpaired) electrons. The van der Waals surface area contributed by atoms with Crippen molar-refractivity contribution in [1.82, 2.24) is 0 Å². The summed E-state index contributed by atoms with van der Waals surface area (Å²) >= 11 is 0. The highest BCUT2D eigenvalue weighted by Gasteiger charge is 2.41. The van der Waals surface area contributed by atoms with Crippen molar-refractivity contribution >= 4 is 27.9 Å².